The van der Waals surface area contributed by atoms with Gasteiger partial charge in [-0.2, -0.15) is 0 Å². The van der Waals surface area contributed by atoms with Gasteiger partial charge in [-0.1, -0.05) is 0 Å². The van der Waals surface area contributed by atoms with Gasteiger partial charge in [0.05, 0.1) is 18.4 Å². The molecule has 0 aliphatic carbocycles. The molecule has 0 aromatic heterocycles. The minimum absolute atomic E-state index is 0.371. The van der Waals surface area contributed by atoms with Crippen LogP contribution in [0.15, 0.2) is 23.1 Å². The summed E-state index contributed by atoms with van der Waals surface area (Å²) < 4.78 is 4.62. The lowest BCUT2D eigenvalue weighted by molar-refractivity contribution is 0.0600. The summed E-state index contributed by atoms with van der Waals surface area (Å²) in [5.41, 5.74) is 1.26. The van der Waals surface area contributed by atoms with Gasteiger partial charge >= 0.3 is 5.97 Å². The predicted molar refractivity (Wildman–Crippen MR) is 58.1 cm³/mol. The van der Waals surface area contributed by atoms with E-state index in [1.165, 1.54) is 7.11 Å². The summed E-state index contributed by atoms with van der Waals surface area (Å²) in [4.78, 5) is 12.3. The Hall–Kier alpha value is -1.20. The van der Waals surface area contributed by atoms with Gasteiger partial charge in [-0.3, -0.25) is 0 Å². The van der Waals surface area contributed by atoms with Crippen molar-refractivity contribution in [3.8, 4) is 0 Å². The average Bonchev–Trinajstić information content (AvgIpc) is 2.27. The second kappa shape index (κ2) is 4.12. The largest absolute Gasteiger partial charge is 0.465 e. The van der Waals surface area contributed by atoms with E-state index in [0.717, 1.165) is 10.6 Å². The third-order valence-electron chi connectivity index (χ3n) is 2.12. The Labute approximate surface area is 91.6 Å². The van der Waals surface area contributed by atoms with Crippen LogP contribution in [0.1, 0.15) is 10.4 Å². The number of aliphatic hydroxyl groups excluding tert-OH is 1. The van der Waals surface area contributed by atoms with E-state index in [1.54, 1.807) is 23.9 Å². The fraction of sp³-hybridized carbons (Fsp3) is 0.300. The van der Waals surface area contributed by atoms with E-state index in [4.69, 9.17) is 0 Å². The molecule has 1 atom stereocenters. The summed E-state index contributed by atoms with van der Waals surface area (Å²) in [6.45, 7) is 0. The van der Waals surface area contributed by atoms with Gasteiger partial charge < -0.3 is 15.2 Å². The first-order valence-electron chi connectivity index (χ1n) is 4.50. The molecule has 2 N–H and O–H groups in total. The highest BCUT2D eigenvalue weighted by Crippen LogP contribution is 2.33. The van der Waals surface area contributed by atoms with Crippen molar-refractivity contribution in [2.75, 3.05) is 18.2 Å². The lowest BCUT2D eigenvalue weighted by atomic mass is 10.2. The number of thioether (sulfide) groups is 1. The molecule has 0 bridgehead atoms. The van der Waals surface area contributed by atoms with Crippen LogP contribution in [0.5, 0.6) is 0 Å². The molecule has 0 saturated heterocycles. The van der Waals surface area contributed by atoms with Crippen LogP contribution >= 0.6 is 11.8 Å². The molecule has 2 rings (SSSR count). The van der Waals surface area contributed by atoms with Crippen LogP contribution in [0.25, 0.3) is 0 Å². The number of methoxy groups -OCH3 is 1. The minimum atomic E-state index is -0.560. The van der Waals surface area contributed by atoms with Gasteiger partial charge in [0.1, 0.15) is 6.23 Å². The third-order valence-corrected chi connectivity index (χ3v) is 3.27. The van der Waals surface area contributed by atoms with E-state index in [-0.39, 0.29) is 5.97 Å². The smallest absolute Gasteiger partial charge is 0.337 e. The molecule has 4 nitrogen and oxygen atoms in total. The van der Waals surface area contributed by atoms with Crippen molar-refractivity contribution < 1.29 is 14.6 Å². The number of carbonyl (C=O) groups is 1. The summed E-state index contributed by atoms with van der Waals surface area (Å²) in [6, 6.07) is 5.26. The van der Waals surface area contributed by atoms with Crippen molar-refractivity contribution in [2.24, 2.45) is 0 Å². The fourth-order valence-electron chi connectivity index (χ4n) is 1.40. The zero-order valence-corrected chi connectivity index (χ0v) is 9.00. The minimum Gasteiger partial charge on any atom is -0.465 e. The van der Waals surface area contributed by atoms with Gasteiger partial charge in [0.25, 0.3) is 0 Å². The van der Waals surface area contributed by atoms with Crippen molar-refractivity contribution >= 4 is 23.4 Å². The molecule has 1 aliphatic rings. The number of hydrogen-bond donors (Lipinski definition) is 2. The molecule has 0 fully saturated rings. The number of anilines is 1. The maximum atomic E-state index is 11.3. The maximum Gasteiger partial charge on any atom is 0.337 e. The van der Waals surface area contributed by atoms with Crippen molar-refractivity contribution in [3.63, 3.8) is 0 Å². The highest BCUT2D eigenvalue weighted by molar-refractivity contribution is 7.99. The van der Waals surface area contributed by atoms with Crippen LogP contribution in [-0.2, 0) is 4.74 Å². The van der Waals surface area contributed by atoms with E-state index in [2.05, 4.69) is 10.1 Å². The molecule has 1 heterocycles. The van der Waals surface area contributed by atoms with Gasteiger partial charge in [-0.15, -0.1) is 11.8 Å². The number of hydrogen-bond acceptors (Lipinski definition) is 5. The Bertz CT molecular complexity index is 394. The number of benzene rings is 1. The highest BCUT2D eigenvalue weighted by atomic mass is 32.2. The summed E-state index contributed by atoms with van der Waals surface area (Å²) in [7, 11) is 1.35. The molecule has 0 amide bonds. The van der Waals surface area contributed by atoms with Gasteiger partial charge in [0.15, 0.2) is 0 Å². The average molecular weight is 225 g/mol. The molecule has 1 unspecified atom stereocenters. The lowest BCUT2D eigenvalue weighted by Crippen LogP contribution is -2.25. The predicted octanol–water partition coefficient (Wildman–Crippen LogP) is 1.31. The van der Waals surface area contributed by atoms with E-state index in [0.29, 0.717) is 11.3 Å². The van der Waals surface area contributed by atoms with E-state index < -0.39 is 6.23 Å². The molecule has 1 aliphatic heterocycles. The fourth-order valence-corrected chi connectivity index (χ4v) is 2.26. The van der Waals surface area contributed by atoms with Crippen LogP contribution in [0.3, 0.4) is 0 Å². The number of nitrogens with one attached hydrogen (secondary N) is 1. The van der Waals surface area contributed by atoms with Crippen molar-refractivity contribution in [3.05, 3.63) is 23.8 Å². The number of esters is 1. The highest BCUT2D eigenvalue weighted by Gasteiger charge is 2.17. The molecule has 5 heteroatoms. The molecule has 0 radical (unpaired) electrons. The normalized spacial score (nSPS) is 18.9. The van der Waals surface area contributed by atoms with E-state index in [9.17, 15) is 9.90 Å². The molecule has 0 spiro atoms. The third kappa shape index (κ3) is 2.08. The molecular weight excluding hydrogens is 214 g/mol. The van der Waals surface area contributed by atoms with E-state index >= 15 is 0 Å². The number of carbonyl (C=O) groups excluding carboxylic acids is 1. The first kappa shape index (κ1) is 10.3. The Kier molecular flexibility index (Phi) is 2.83. The standard InChI is InChI=1S/C10H11NO3S/c1-14-10(13)6-2-3-8-7(4-6)11-9(12)5-15-8/h2-4,9,11-12H,5H2,1H3. The summed E-state index contributed by atoms with van der Waals surface area (Å²) in [6.07, 6.45) is -0.560. The van der Waals surface area contributed by atoms with Crippen LogP contribution in [0, 0.1) is 0 Å². The molecule has 1 aromatic rings. The summed E-state index contributed by atoms with van der Waals surface area (Å²) in [5, 5.41) is 12.3. The number of ether oxygens (including phenoxy) is 1. The van der Waals surface area contributed by atoms with Gasteiger partial charge in [0, 0.05) is 10.6 Å². The first-order chi connectivity index (χ1) is 7.20. The summed E-state index contributed by atoms with van der Waals surface area (Å²) >= 11 is 1.56. The molecule has 80 valence electrons. The Morgan fingerprint density at radius 3 is 3.20 bits per heavy atom. The SMILES string of the molecule is COC(=O)c1ccc2c(c1)NC(O)CS2. The van der Waals surface area contributed by atoms with Crippen LogP contribution < -0.4 is 5.32 Å². The zero-order valence-electron chi connectivity index (χ0n) is 8.19. The molecule has 0 saturated carbocycles. The van der Waals surface area contributed by atoms with Gasteiger partial charge in [0.2, 0.25) is 0 Å². The quantitative estimate of drug-likeness (QED) is 0.706. The molecule has 15 heavy (non-hydrogen) atoms. The Morgan fingerprint density at radius 2 is 2.47 bits per heavy atom. The first-order valence-corrected chi connectivity index (χ1v) is 5.49. The van der Waals surface area contributed by atoms with Crippen LogP contribution in [0.4, 0.5) is 5.69 Å². The van der Waals surface area contributed by atoms with Crippen LogP contribution in [0.2, 0.25) is 0 Å². The van der Waals surface area contributed by atoms with Crippen molar-refractivity contribution in [1.29, 1.82) is 0 Å². The van der Waals surface area contributed by atoms with Gasteiger partial charge in [-0.25, -0.2) is 4.79 Å². The topological polar surface area (TPSA) is 58.6 Å². The van der Waals surface area contributed by atoms with Crippen molar-refractivity contribution in [2.45, 2.75) is 11.1 Å². The zero-order chi connectivity index (χ0) is 10.8. The lowest BCUT2D eigenvalue weighted by Gasteiger charge is -2.22. The van der Waals surface area contributed by atoms with Crippen LogP contribution in [-0.4, -0.2) is 30.2 Å². The van der Waals surface area contributed by atoms with E-state index in [1.807, 2.05) is 6.07 Å². The number of fused-ring (bicyclic) bond motifs is 1. The second-order valence-electron chi connectivity index (χ2n) is 3.17. The summed E-state index contributed by atoms with van der Waals surface area (Å²) in [5.74, 6) is 0.245. The van der Waals surface area contributed by atoms with Gasteiger partial charge in [-0.05, 0) is 18.2 Å². The number of aliphatic hydroxyl groups is 1. The molecule has 1 aromatic carbocycles. The second-order valence-corrected chi connectivity index (χ2v) is 4.24. The Morgan fingerprint density at radius 1 is 1.67 bits per heavy atom. The Balaban J connectivity index is 2.32. The molecular formula is C10H11NO3S. The monoisotopic (exact) mass is 225 g/mol. The number of rotatable bonds is 1. The maximum absolute atomic E-state index is 11.3. The van der Waals surface area contributed by atoms with Crippen molar-refractivity contribution in [1.82, 2.24) is 0 Å².